The number of rotatable bonds is 1. The van der Waals surface area contributed by atoms with Crippen LogP contribution in [0.2, 0.25) is 0 Å². The smallest absolute Gasteiger partial charge is 0.394 e. The molecule has 0 bridgehead atoms. The second-order valence-corrected chi connectivity index (χ2v) is 3.77. The molecule has 0 aliphatic heterocycles. The van der Waals surface area contributed by atoms with Crippen LogP contribution >= 0.6 is 0 Å². The number of carboxylic acids is 1. The van der Waals surface area contributed by atoms with Crippen LogP contribution in [0.5, 0.6) is 0 Å². The van der Waals surface area contributed by atoms with Crippen LogP contribution in [0.3, 0.4) is 0 Å². The Bertz CT molecular complexity index is 413. The van der Waals surface area contributed by atoms with E-state index in [1.54, 1.807) is 0 Å². The highest BCUT2D eigenvalue weighted by Gasteiger charge is 1.92. The van der Waals surface area contributed by atoms with Crippen molar-refractivity contribution in [3.8, 4) is 0 Å². The average Bonchev–Trinajstić information content (AvgIpc) is 2.47. The van der Waals surface area contributed by atoms with E-state index in [1.807, 2.05) is 17.8 Å². The van der Waals surface area contributed by atoms with Crippen LogP contribution in [0.1, 0.15) is 13.8 Å². The summed E-state index contributed by atoms with van der Waals surface area (Å²) in [5.41, 5.74) is 0. The minimum Gasteiger partial charge on any atom is -0.481 e. The molecule has 17 heavy (non-hydrogen) atoms. The van der Waals surface area contributed by atoms with Gasteiger partial charge in [0.1, 0.15) is 12.4 Å². The number of aliphatic carboxylic acids is 1. The van der Waals surface area contributed by atoms with Gasteiger partial charge in [-0.1, -0.05) is 0 Å². The summed E-state index contributed by atoms with van der Waals surface area (Å²) in [6.45, 7) is 4.26. The molecular formula is C8H17N2O6S+. The van der Waals surface area contributed by atoms with Crippen molar-refractivity contribution in [1.29, 1.82) is 0 Å². The number of aromatic nitrogens is 2. The van der Waals surface area contributed by atoms with E-state index in [2.05, 4.69) is 24.0 Å². The van der Waals surface area contributed by atoms with E-state index in [0.717, 1.165) is 13.5 Å². The zero-order valence-corrected chi connectivity index (χ0v) is 10.6. The fraction of sp³-hybridized carbons (Fsp3) is 0.500. The Kier molecular flexibility index (Phi) is 9.15. The first kappa shape index (κ1) is 17.9. The van der Waals surface area contributed by atoms with E-state index in [1.165, 1.54) is 0 Å². The molecule has 3 N–H and O–H groups in total. The lowest BCUT2D eigenvalue weighted by Gasteiger charge is -1.81. The Labute approximate surface area is 99.7 Å². The molecule has 0 aliphatic carbocycles. The molecule has 0 radical (unpaired) electrons. The molecule has 1 rings (SSSR count). The summed E-state index contributed by atoms with van der Waals surface area (Å²) in [5.74, 6) is -0.833. The molecule has 1 heterocycles. The van der Waals surface area contributed by atoms with Crippen molar-refractivity contribution in [1.82, 2.24) is 4.57 Å². The lowest BCUT2D eigenvalue weighted by Crippen LogP contribution is -2.23. The van der Waals surface area contributed by atoms with E-state index in [4.69, 9.17) is 27.4 Å². The molecule has 0 fully saturated rings. The van der Waals surface area contributed by atoms with Crippen LogP contribution in [-0.4, -0.2) is 33.2 Å². The molecule has 0 saturated carbocycles. The summed E-state index contributed by atoms with van der Waals surface area (Å²) < 4.78 is 35.7. The van der Waals surface area contributed by atoms with Gasteiger partial charge in [0, 0.05) is 6.92 Å². The van der Waals surface area contributed by atoms with Crippen molar-refractivity contribution in [3.63, 3.8) is 0 Å². The predicted molar refractivity (Wildman–Crippen MR) is 58.8 cm³/mol. The maximum atomic E-state index is 9.00. The van der Waals surface area contributed by atoms with Gasteiger partial charge in [-0.05, 0) is 6.92 Å². The monoisotopic (exact) mass is 269 g/mol. The third kappa shape index (κ3) is 25.1. The first-order valence-corrected chi connectivity index (χ1v) is 5.86. The van der Waals surface area contributed by atoms with Crippen LogP contribution in [0.4, 0.5) is 0 Å². The van der Waals surface area contributed by atoms with Gasteiger partial charge in [0.25, 0.3) is 5.97 Å². The molecule has 0 amide bonds. The van der Waals surface area contributed by atoms with Crippen molar-refractivity contribution < 1.29 is 32.0 Å². The summed E-state index contributed by atoms with van der Waals surface area (Å²) in [6, 6.07) is 0. The fourth-order valence-electron chi connectivity index (χ4n) is 0.689. The third-order valence-corrected chi connectivity index (χ3v) is 1.19. The van der Waals surface area contributed by atoms with Crippen molar-refractivity contribution in [2.45, 2.75) is 20.4 Å². The largest absolute Gasteiger partial charge is 0.481 e. The Morgan fingerprint density at radius 3 is 1.88 bits per heavy atom. The van der Waals surface area contributed by atoms with E-state index >= 15 is 0 Å². The van der Waals surface area contributed by atoms with Crippen LogP contribution in [-0.2, 0) is 28.8 Å². The van der Waals surface area contributed by atoms with Gasteiger partial charge in [0.2, 0.25) is 6.33 Å². The topological polar surface area (TPSA) is 121 Å². The van der Waals surface area contributed by atoms with Gasteiger partial charge in [-0.15, -0.1) is 0 Å². The van der Waals surface area contributed by atoms with Crippen LogP contribution in [0.25, 0.3) is 0 Å². The van der Waals surface area contributed by atoms with Gasteiger partial charge in [-0.3, -0.25) is 13.9 Å². The van der Waals surface area contributed by atoms with Crippen molar-refractivity contribution in [2.75, 3.05) is 0 Å². The van der Waals surface area contributed by atoms with Gasteiger partial charge < -0.3 is 5.11 Å². The normalized spacial score (nSPS) is 9.47. The standard InChI is InChI=1S/C6H11N2.C2H4O2.H2O4S/c1-3-8-5-4-7(2)6-8;1-2(3)4;1-5(2,3)4/h4-6H,3H2,1-2H3;1H3,(H,3,4);(H2,1,2,3,4)/q+1;;. The Balaban J connectivity index is 0. The maximum Gasteiger partial charge on any atom is 0.394 e. The zero-order chi connectivity index (χ0) is 14.1. The molecule has 0 aromatic carbocycles. The molecule has 8 nitrogen and oxygen atoms in total. The number of aryl methyl sites for hydroxylation is 2. The van der Waals surface area contributed by atoms with E-state index in [9.17, 15) is 0 Å². The molecule has 0 aliphatic rings. The fourth-order valence-corrected chi connectivity index (χ4v) is 0.689. The SMILES string of the molecule is CC(=O)O.CCn1cc[n+](C)c1.O=S(=O)(O)O. The summed E-state index contributed by atoms with van der Waals surface area (Å²) in [6.07, 6.45) is 6.14. The number of hydrogen-bond acceptors (Lipinski definition) is 3. The summed E-state index contributed by atoms with van der Waals surface area (Å²) in [5, 5.41) is 7.42. The van der Waals surface area contributed by atoms with Gasteiger partial charge in [-0.25, -0.2) is 9.13 Å². The van der Waals surface area contributed by atoms with Crippen molar-refractivity contribution >= 4 is 16.4 Å². The number of nitrogens with zero attached hydrogens (tertiary/aromatic N) is 2. The maximum absolute atomic E-state index is 9.00. The highest BCUT2D eigenvalue weighted by Crippen LogP contribution is 1.79. The highest BCUT2D eigenvalue weighted by atomic mass is 32.3. The highest BCUT2D eigenvalue weighted by molar-refractivity contribution is 7.79. The zero-order valence-electron chi connectivity index (χ0n) is 9.81. The molecule has 1 aromatic rings. The number of hydrogen-bond donors (Lipinski definition) is 3. The summed E-state index contributed by atoms with van der Waals surface area (Å²) in [7, 11) is -2.65. The lowest BCUT2D eigenvalue weighted by molar-refractivity contribution is -0.671. The molecule has 1 aromatic heterocycles. The lowest BCUT2D eigenvalue weighted by atomic mass is 10.7. The third-order valence-electron chi connectivity index (χ3n) is 1.19. The van der Waals surface area contributed by atoms with Crippen molar-refractivity contribution in [3.05, 3.63) is 18.7 Å². The number of carboxylic acid groups (broad SMARTS) is 1. The van der Waals surface area contributed by atoms with Crippen molar-refractivity contribution in [2.24, 2.45) is 7.05 Å². The predicted octanol–water partition coefficient (Wildman–Crippen LogP) is -0.229. The van der Waals surface area contributed by atoms with Crippen LogP contribution in [0, 0.1) is 0 Å². The summed E-state index contributed by atoms with van der Waals surface area (Å²) in [4.78, 5) is 9.00. The second kappa shape index (κ2) is 8.67. The van der Waals surface area contributed by atoms with Gasteiger partial charge in [-0.2, -0.15) is 8.42 Å². The van der Waals surface area contributed by atoms with E-state index in [-0.39, 0.29) is 0 Å². The minimum atomic E-state index is -4.67. The molecular weight excluding hydrogens is 252 g/mol. The molecule has 100 valence electrons. The van der Waals surface area contributed by atoms with Crippen LogP contribution in [0.15, 0.2) is 18.7 Å². The van der Waals surface area contributed by atoms with Gasteiger partial charge in [0.05, 0.1) is 13.6 Å². The summed E-state index contributed by atoms with van der Waals surface area (Å²) >= 11 is 0. The van der Waals surface area contributed by atoms with E-state index in [0.29, 0.717) is 0 Å². The molecule has 0 saturated heterocycles. The van der Waals surface area contributed by atoms with Gasteiger partial charge >= 0.3 is 10.4 Å². The van der Waals surface area contributed by atoms with Crippen LogP contribution < -0.4 is 4.57 Å². The first-order valence-electron chi connectivity index (χ1n) is 4.46. The van der Waals surface area contributed by atoms with Gasteiger partial charge in [0.15, 0.2) is 0 Å². The molecule has 0 spiro atoms. The Morgan fingerprint density at radius 1 is 1.41 bits per heavy atom. The molecule has 0 atom stereocenters. The Morgan fingerprint density at radius 2 is 1.76 bits per heavy atom. The molecule has 9 heteroatoms. The Hall–Kier alpha value is -1.45. The first-order chi connectivity index (χ1) is 7.56. The average molecular weight is 269 g/mol. The van der Waals surface area contributed by atoms with E-state index < -0.39 is 16.4 Å². The molecule has 0 unspecified atom stereocenters. The number of imidazole rings is 1. The quantitative estimate of drug-likeness (QED) is 0.478. The minimum absolute atomic E-state index is 0.833. The second-order valence-electron chi connectivity index (χ2n) is 2.88. The number of carbonyl (C=O) groups is 1.